The van der Waals surface area contributed by atoms with Crippen molar-refractivity contribution in [1.82, 2.24) is 25.5 Å². The van der Waals surface area contributed by atoms with E-state index in [9.17, 15) is 0 Å². The summed E-state index contributed by atoms with van der Waals surface area (Å²) in [4.78, 5) is 1.23. The van der Waals surface area contributed by atoms with E-state index in [-0.39, 0.29) is 0 Å². The van der Waals surface area contributed by atoms with E-state index in [2.05, 4.69) is 44.4 Å². The summed E-state index contributed by atoms with van der Waals surface area (Å²) in [5.41, 5.74) is 2.20. The van der Waals surface area contributed by atoms with Crippen LogP contribution in [0.5, 0.6) is 5.75 Å². The second-order valence-corrected chi connectivity index (χ2v) is 8.34. The summed E-state index contributed by atoms with van der Waals surface area (Å²) in [6.45, 7) is 2.30. The SMILES string of the molecule is c1ccc(-n2nnnc2SCCNCc2ccc(OCc3cccs3)cc2)cc1. The van der Waals surface area contributed by atoms with Crippen molar-refractivity contribution < 1.29 is 4.74 Å². The fourth-order valence-electron chi connectivity index (χ4n) is 2.70. The quantitative estimate of drug-likeness (QED) is 0.305. The fraction of sp³-hybridized carbons (Fsp3) is 0.190. The Hall–Kier alpha value is -2.68. The minimum absolute atomic E-state index is 0.620. The number of thioether (sulfide) groups is 1. The van der Waals surface area contributed by atoms with Gasteiger partial charge in [-0.25, -0.2) is 0 Å². The third kappa shape index (κ3) is 5.66. The number of ether oxygens (including phenoxy) is 1. The Morgan fingerprint density at radius 3 is 2.66 bits per heavy atom. The maximum absolute atomic E-state index is 5.80. The molecule has 0 aliphatic rings. The summed E-state index contributed by atoms with van der Waals surface area (Å²) in [5, 5.41) is 18.3. The predicted octanol–water partition coefficient (Wildman–Crippen LogP) is 4.18. The van der Waals surface area contributed by atoms with Gasteiger partial charge in [0, 0.05) is 23.7 Å². The Labute approximate surface area is 177 Å². The zero-order valence-corrected chi connectivity index (χ0v) is 17.4. The summed E-state index contributed by atoms with van der Waals surface area (Å²) < 4.78 is 7.57. The Morgan fingerprint density at radius 1 is 1.00 bits per heavy atom. The van der Waals surface area contributed by atoms with Crippen LogP contribution in [0.4, 0.5) is 0 Å². The van der Waals surface area contributed by atoms with Crippen LogP contribution in [-0.2, 0) is 13.2 Å². The van der Waals surface area contributed by atoms with Crippen molar-refractivity contribution >= 4 is 23.1 Å². The molecule has 0 aliphatic heterocycles. The number of thiophene rings is 1. The van der Waals surface area contributed by atoms with Gasteiger partial charge in [0.2, 0.25) is 5.16 Å². The lowest BCUT2D eigenvalue weighted by molar-refractivity contribution is 0.309. The highest BCUT2D eigenvalue weighted by Gasteiger charge is 2.08. The molecule has 0 saturated heterocycles. The van der Waals surface area contributed by atoms with Crippen LogP contribution in [-0.4, -0.2) is 32.5 Å². The summed E-state index contributed by atoms with van der Waals surface area (Å²) in [6, 6.07) is 22.3. The fourth-order valence-corrected chi connectivity index (χ4v) is 4.10. The lowest BCUT2D eigenvalue weighted by Gasteiger charge is -2.08. The number of nitrogens with zero attached hydrogens (tertiary/aromatic N) is 4. The number of benzene rings is 2. The molecule has 1 N–H and O–H groups in total. The topological polar surface area (TPSA) is 64.9 Å². The van der Waals surface area contributed by atoms with E-state index >= 15 is 0 Å². The van der Waals surface area contributed by atoms with E-state index in [0.29, 0.717) is 6.61 Å². The highest BCUT2D eigenvalue weighted by Crippen LogP contribution is 2.18. The first-order valence-corrected chi connectivity index (χ1v) is 11.2. The van der Waals surface area contributed by atoms with Gasteiger partial charge in [0.1, 0.15) is 12.4 Å². The lowest BCUT2D eigenvalue weighted by atomic mass is 10.2. The summed E-state index contributed by atoms with van der Waals surface area (Å²) in [5.74, 6) is 1.78. The first kappa shape index (κ1) is 19.6. The maximum Gasteiger partial charge on any atom is 0.214 e. The van der Waals surface area contributed by atoms with Gasteiger partial charge in [-0.2, -0.15) is 4.68 Å². The second kappa shape index (κ2) is 10.2. The number of tetrazole rings is 1. The molecule has 0 unspecified atom stereocenters. The molecule has 4 rings (SSSR count). The van der Waals surface area contributed by atoms with Crippen LogP contribution in [0.25, 0.3) is 5.69 Å². The highest BCUT2D eigenvalue weighted by molar-refractivity contribution is 7.99. The monoisotopic (exact) mass is 423 g/mol. The highest BCUT2D eigenvalue weighted by atomic mass is 32.2. The van der Waals surface area contributed by atoms with Gasteiger partial charge in [0.15, 0.2) is 0 Å². The molecule has 0 fully saturated rings. The van der Waals surface area contributed by atoms with Crippen molar-refractivity contribution in [3.05, 3.63) is 82.6 Å². The van der Waals surface area contributed by atoms with E-state index in [1.54, 1.807) is 27.8 Å². The molecule has 0 bridgehead atoms. The standard InChI is InChI=1S/C21H21N5OS2/c1-2-5-18(6-3-1)26-21(23-24-25-26)29-14-12-22-15-17-8-10-19(11-9-17)27-16-20-7-4-13-28-20/h1-11,13,22H,12,14-16H2. The molecule has 6 nitrogen and oxygen atoms in total. The molecule has 148 valence electrons. The molecule has 0 saturated carbocycles. The van der Waals surface area contributed by atoms with Crippen LogP contribution in [0.1, 0.15) is 10.4 Å². The molecule has 4 aromatic rings. The van der Waals surface area contributed by atoms with Crippen LogP contribution in [0.15, 0.2) is 77.3 Å². The number of aromatic nitrogens is 4. The molecule has 0 amide bonds. The Balaban J connectivity index is 1.18. The maximum atomic E-state index is 5.80. The number of nitrogens with one attached hydrogen (secondary N) is 1. The normalized spacial score (nSPS) is 10.9. The van der Waals surface area contributed by atoms with Crippen LogP contribution < -0.4 is 10.1 Å². The Kier molecular flexibility index (Phi) is 6.90. The van der Waals surface area contributed by atoms with Crippen LogP contribution in [0, 0.1) is 0 Å². The number of para-hydroxylation sites is 1. The average molecular weight is 424 g/mol. The smallest absolute Gasteiger partial charge is 0.214 e. The minimum Gasteiger partial charge on any atom is -0.488 e. The Morgan fingerprint density at radius 2 is 1.86 bits per heavy atom. The minimum atomic E-state index is 0.620. The van der Waals surface area contributed by atoms with Gasteiger partial charge in [-0.3, -0.25) is 0 Å². The van der Waals surface area contributed by atoms with Crippen LogP contribution in [0.3, 0.4) is 0 Å². The number of rotatable bonds is 10. The lowest BCUT2D eigenvalue weighted by Crippen LogP contribution is -2.16. The molecule has 2 aromatic carbocycles. The van der Waals surface area contributed by atoms with E-state index in [1.165, 1.54) is 10.4 Å². The number of hydrogen-bond acceptors (Lipinski definition) is 7. The third-order valence-electron chi connectivity index (χ3n) is 4.17. The van der Waals surface area contributed by atoms with Gasteiger partial charge in [0.25, 0.3) is 0 Å². The van der Waals surface area contributed by atoms with Gasteiger partial charge < -0.3 is 10.1 Å². The van der Waals surface area contributed by atoms with Crippen LogP contribution >= 0.6 is 23.1 Å². The number of hydrogen-bond donors (Lipinski definition) is 1. The Bertz CT molecular complexity index is 988. The van der Waals surface area contributed by atoms with Crippen molar-refractivity contribution in [1.29, 1.82) is 0 Å². The summed E-state index contributed by atoms with van der Waals surface area (Å²) >= 11 is 3.35. The molecule has 29 heavy (non-hydrogen) atoms. The molecule has 0 spiro atoms. The van der Waals surface area contributed by atoms with Crippen molar-refractivity contribution in [2.24, 2.45) is 0 Å². The first-order valence-electron chi connectivity index (χ1n) is 9.30. The third-order valence-corrected chi connectivity index (χ3v) is 5.94. The molecular weight excluding hydrogens is 402 g/mol. The predicted molar refractivity (Wildman–Crippen MR) is 117 cm³/mol. The zero-order valence-electron chi connectivity index (χ0n) is 15.8. The van der Waals surface area contributed by atoms with E-state index < -0.39 is 0 Å². The van der Waals surface area contributed by atoms with Gasteiger partial charge >= 0.3 is 0 Å². The summed E-state index contributed by atoms with van der Waals surface area (Å²) in [6.07, 6.45) is 0. The van der Waals surface area contributed by atoms with E-state index in [1.807, 2.05) is 48.5 Å². The second-order valence-electron chi connectivity index (χ2n) is 6.25. The first-order chi connectivity index (χ1) is 14.4. The molecule has 0 aliphatic carbocycles. The van der Waals surface area contributed by atoms with Gasteiger partial charge in [-0.1, -0.05) is 48.2 Å². The molecule has 0 atom stereocenters. The van der Waals surface area contributed by atoms with E-state index in [0.717, 1.165) is 35.4 Å². The van der Waals surface area contributed by atoms with E-state index in [4.69, 9.17) is 4.74 Å². The molecule has 2 aromatic heterocycles. The zero-order chi connectivity index (χ0) is 19.7. The largest absolute Gasteiger partial charge is 0.488 e. The van der Waals surface area contributed by atoms with Crippen molar-refractivity contribution in [3.8, 4) is 11.4 Å². The average Bonchev–Trinajstić information content (AvgIpc) is 3.46. The van der Waals surface area contributed by atoms with Gasteiger partial charge in [-0.05, 0) is 51.7 Å². The van der Waals surface area contributed by atoms with Crippen molar-refractivity contribution in [2.45, 2.75) is 18.3 Å². The summed E-state index contributed by atoms with van der Waals surface area (Å²) in [7, 11) is 0. The molecule has 8 heteroatoms. The van der Waals surface area contributed by atoms with Gasteiger partial charge in [-0.15, -0.1) is 16.4 Å². The molecular formula is C21H21N5OS2. The van der Waals surface area contributed by atoms with Crippen LogP contribution in [0.2, 0.25) is 0 Å². The molecule has 2 heterocycles. The van der Waals surface area contributed by atoms with Crippen molar-refractivity contribution in [2.75, 3.05) is 12.3 Å². The van der Waals surface area contributed by atoms with Gasteiger partial charge in [0.05, 0.1) is 5.69 Å². The van der Waals surface area contributed by atoms with Crippen molar-refractivity contribution in [3.63, 3.8) is 0 Å². The molecule has 0 radical (unpaired) electrons.